The van der Waals surface area contributed by atoms with Gasteiger partial charge in [0.1, 0.15) is 23.2 Å². The van der Waals surface area contributed by atoms with E-state index in [-0.39, 0.29) is 22.4 Å². The maximum absolute atomic E-state index is 13.8. The minimum atomic E-state index is -4.86. The molecular weight excluding hydrogens is 579 g/mol. The lowest BCUT2D eigenvalue weighted by molar-refractivity contribution is -0.138. The number of aromatic nitrogens is 1. The monoisotopic (exact) mass is 609 g/mol. The fraction of sp³-hybridized carbons (Fsp3) is 0.333. The summed E-state index contributed by atoms with van der Waals surface area (Å²) in [6, 6.07) is 6.78. The third-order valence-electron chi connectivity index (χ3n) is 7.23. The number of rotatable bonds is 8. The number of allylic oxidation sites excluding steroid dienone is 2. The number of carbonyl (C=O) groups excluding carboxylic acids is 1. The number of anilines is 2. The highest BCUT2D eigenvalue weighted by molar-refractivity contribution is 7.81. The van der Waals surface area contributed by atoms with Crippen LogP contribution in [0.15, 0.2) is 64.5 Å². The van der Waals surface area contributed by atoms with Gasteiger partial charge in [0.15, 0.2) is 10.8 Å². The number of amides is 1. The van der Waals surface area contributed by atoms with Crippen LogP contribution in [0.2, 0.25) is 0 Å². The zero-order valence-electron chi connectivity index (χ0n) is 23.9. The molecule has 1 spiro atoms. The number of halogens is 3. The number of pyridine rings is 1. The lowest BCUT2D eigenvalue weighted by Crippen LogP contribution is -2.55. The molecule has 2 heterocycles. The van der Waals surface area contributed by atoms with Crippen LogP contribution < -0.4 is 15.1 Å². The standard InChI is InChI=1S/C30H30F3N7O2S/c1-5-6-12-36-18(2)13-19(3)38-26(35-4)22-14-20(8-9-25(22)41)40-28(43)39(27(42)29(40)10-7-11-29)21-15-23(30(31,32)33)24(16-34)37-17-21/h8-9,12-15,17,41H,3,5-7,10-11H2,1-2,4H3,(H,35,38)/b18-13+,36-12?. The minimum Gasteiger partial charge on any atom is -0.507 e. The van der Waals surface area contributed by atoms with Crippen LogP contribution in [0.25, 0.3) is 0 Å². The number of alkyl halides is 3. The van der Waals surface area contributed by atoms with Crippen LogP contribution in [0.1, 0.15) is 62.8 Å². The largest absolute Gasteiger partial charge is 0.507 e. The minimum absolute atomic E-state index is 0.0446. The summed E-state index contributed by atoms with van der Waals surface area (Å²) in [5.74, 6) is -0.306. The van der Waals surface area contributed by atoms with Gasteiger partial charge in [-0.15, -0.1) is 0 Å². The van der Waals surface area contributed by atoms with Gasteiger partial charge in [0.2, 0.25) is 0 Å². The van der Waals surface area contributed by atoms with Crippen molar-refractivity contribution in [1.29, 1.82) is 5.26 Å². The molecule has 1 saturated heterocycles. The molecular formula is C30H30F3N7O2S. The van der Waals surface area contributed by atoms with Gasteiger partial charge in [-0.2, -0.15) is 18.4 Å². The average molecular weight is 610 g/mol. The summed E-state index contributed by atoms with van der Waals surface area (Å²) in [7, 11) is 1.53. The molecule has 2 N–H and O–H groups in total. The number of nitrogens with zero attached hydrogens (tertiary/aromatic N) is 6. The third-order valence-corrected chi connectivity index (χ3v) is 7.59. The fourth-order valence-corrected chi connectivity index (χ4v) is 5.47. The van der Waals surface area contributed by atoms with Gasteiger partial charge in [-0.1, -0.05) is 19.9 Å². The highest BCUT2D eigenvalue weighted by atomic mass is 32.1. The molecule has 43 heavy (non-hydrogen) atoms. The Balaban J connectivity index is 1.70. The van der Waals surface area contributed by atoms with E-state index in [0.29, 0.717) is 42.3 Å². The predicted molar refractivity (Wildman–Crippen MR) is 163 cm³/mol. The predicted octanol–water partition coefficient (Wildman–Crippen LogP) is 5.99. The number of nitrogens with one attached hydrogen (secondary N) is 1. The number of phenols is 1. The van der Waals surface area contributed by atoms with Crippen LogP contribution in [0, 0.1) is 11.3 Å². The number of aliphatic imine (C=N–C) groups is 2. The first kappa shape index (κ1) is 31.4. The molecule has 2 fully saturated rings. The highest BCUT2D eigenvalue weighted by Gasteiger charge is 2.60. The molecule has 0 unspecified atom stereocenters. The smallest absolute Gasteiger partial charge is 0.419 e. The van der Waals surface area contributed by atoms with E-state index in [1.807, 2.05) is 13.1 Å². The number of carbonyl (C=O) groups is 1. The van der Waals surface area contributed by atoms with Crippen LogP contribution in [0.4, 0.5) is 24.5 Å². The molecule has 0 bridgehead atoms. The first-order valence-corrected chi connectivity index (χ1v) is 13.9. The van der Waals surface area contributed by atoms with Crippen molar-refractivity contribution < 1.29 is 23.1 Å². The van der Waals surface area contributed by atoms with Gasteiger partial charge in [-0.05, 0) is 75.2 Å². The number of thiocarbonyl (C=S) groups is 1. The number of hydrogen-bond acceptors (Lipinski definition) is 7. The molecule has 1 aliphatic heterocycles. The summed E-state index contributed by atoms with van der Waals surface area (Å²) in [4.78, 5) is 28.7. The van der Waals surface area contributed by atoms with Gasteiger partial charge in [-0.25, -0.2) is 4.98 Å². The van der Waals surface area contributed by atoms with Crippen molar-refractivity contribution in [2.45, 2.75) is 57.7 Å². The molecule has 9 nitrogen and oxygen atoms in total. The zero-order valence-corrected chi connectivity index (χ0v) is 24.7. The van der Waals surface area contributed by atoms with Gasteiger partial charge in [0, 0.05) is 30.3 Å². The Morgan fingerprint density at radius 3 is 2.63 bits per heavy atom. The third kappa shape index (κ3) is 6.01. The molecule has 0 atom stereocenters. The number of benzene rings is 1. The van der Waals surface area contributed by atoms with E-state index in [1.165, 1.54) is 19.2 Å². The number of unbranched alkanes of at least 4 members (excludes halogenated alkanes) is 1. The first-order valence-electron chi connectivity index (χ1n) is 13.5. The summed E-state index contributed by atoms with van der Waals surface area (Å²) >= 11 is 5.69. The Morgan fingerprint density at radius 2 is 2.05 bits per heavy atom. The van der Waals surface area contributed by atoms with Crippen LogP contribution in [0.3, 0.4) is 0 Å². The second-order valence-corrected chi connectivity index (χ2v) is 10.5. The molecule has 1 saturated carbocycles. The molecule has 4 rings (SSSR count). The Morgan fingerprint density at radius 1 is 1.33 bits per heavy atom. The second kappa shape index (κ2) is 12.3. The number of nitriles is 1. The summed E-state index contributed by atoms with van der Waals surface area (Å²) in [6.07, 6.45) is 3.09. The van der Waals surface area contributed by atoms with E-state index in [4.69, 9.17) is 17.5 Å². The molecule has 2 aliphatic rings. The van der Waals surface area contributed by atoms with E-state index >= 15 is 0 Å². The van der Waals surface area contributed by atoms with E-state index in [2.05, 4.69) is 33.8 Å². The number of amidine groups is 1. The SMILES string of the molecule is C=C(/C=C(\C)N=CCCC)NC(=NC)c1cc(N2C(=S)N(c3cnc(C#N)c(C(F)(F)F)c3)C(=O)C23CCC3)ccc1O. The summed E-state index contributed by atoms with van der Waals surface area (Å²) in [5.41, 5.74) is -1.44. The molecule has 224 valence electrons. The average Bonchev–Trinajstić information content (AvgIpc) is 3.18. The molecule has 0 radical (unpaired) electrons. The van der Waals surface area contributed by atoms with Crippen molar-refractivity contribution in [2.24, 2.45) is 9.98 Å². The Kier molecular flexibility index (Phi) is 9.01. The molecule has 1 aliphatic carbocycles. The van der Waals surface area contributed by atoms with Crippen molar-refractivity contribution in [3.05, 3.63) is 71.3 Å². The molecule has 13 heteroatoms. The maximum atomic E-state index is 13.8. The van der Waals surface area contributed by atoms with E-state index in [0.717, 1.165) is 29.6 Å². The Labute approximate surface area is 252 Å². The van der Waals surface area contributed by atoms with Crippen molar-refractivity contribution in [3.8, 4) is 11.8 Å². The van der Waals surface area contributed by atoms with Crippen molar-refractivity contribution >= 4 is 46.7 Å². The summed E-state index contributed by atoms with van der Waals surface area (Å²) in [5, 5.41) is 22.9. The normalized spacial score (nSPS) is 17.0. The number of aromatic hydroxyl groups is 1. The van der Waals surface area contributed by atoms with Crippen molar-refractivity contribution in [1.82, 2.24) is 10.3 Å². The highest BCUT2D eigenvalue weighted by Crippen LogP contribution is 2.48. The summed E-state index contributed by atoms with van der Waals surface area (Å²) in [6.45, 7) is 7.88. The number of hydrogen-bond donors (Lipinski definition) is 2. The Bertz CT molecular complexity index is 1600. The Hall–Kier alpha value is -4.57. The molecule has 2 aromatic rings. The fourth-order valence-electron chi connectivity index (χ4n) is 5.00. The van der Waals surface area contributed by atoms with Gasteiger partial charge in [0.25, 0.3) is 5.91 Å². The van der Waals surface area contributed by atoms with Crippen LogP contribution in [-0.4, -0.2) is 45.7 Å². The van der Waals surface area contributed by atoms with E-state index < -0.39 is 28.9 Å². The molecule has 1 aromatic carbocycles. The van der Waals surface area contributed by atoms with Crippen LogP contribution in [-0.2, 0) is 11.0 Å². The summed E-state index contributed by atoms with van der Waals surface area (Å²) < 4.78 is 41.1. The number of phenolic OH excluding ortho intramolecular Hbond substituents is 1. The second-order valence-electron chi connectivity index (χ2n) is 10.2. The van der Waals surface area contributed by atoms with Gasteiger partial charge < -0.3 is 15.3 Å². The van der Waals surface area contributed by atoms with Gasteiger partial charge >= 0.3 is 6.18 Å². The quantitative estimate of drug-likeness (QED) is 0.163. The topological polar surface area (TPSA) is 117 Å². The first-order chi connectivity index (χ1) is 20.4. The van der Waals surface area contributed by atoms with E-state index in [1.54, 1.807) is 23.1 Å². The molecule has 1 amide bonds. The van der Waals surface area contributed by atoms with Crippen LogP contribution in [0.5, 0.6) is 5.75 Å². The van der Waals surface area contributed by atoms with Crippen LogP contribution >= 0.6 is 12.2 Å². The van der Waals surface area contributed by atoms with Gasteiger partial charge in [0.05, 0.1) is 23.0 Å². The van der Waals surface area contributed by atoms with Crippen molar-refractivity contribution in [2.75, 3.05) is 16.8 Å². The lowest BCUT2D eigenvalue weighted by Gasteiger charge is -2.43. The molecule has 1 aromatic heterocycles. The van der Waals surface area contributed by atoms with Crippen molar-refractivity contribution in [3.63, 3.8) is 0 Å². The maximum Gasteiger partial charge on any atom is 0.419 e. The van der Waals surface area contributed by atoms with E-state index in [9.17, 15) is 23.1 Å². The zero-order chi connectivity index (χ0) is 31.5. The van der Waals surface area contributed by atoms with Gasteiger partial charge in [-0.3, -0.25) is 19.7 Å². The lowest BCUT2D eigenvalue weighted by atomic mass is 9.75.